The lowest BCUT2D eigenvalue weighted by atomic mass is 10.1. The van der Waals surface area contributed by atoms with E-state index in [1.54, 1.807) is 12.4 Å². The molecule has 6 nitrogen and oxygen atoms in total. The molecule has 0 aliphatic carbocycles. The highest BCUT2D eigenvalue weighted by Crippen LogP contribution is 2.20. The second-order valence-corrected chi connectivity index (χ2v) is 7.69. The van der Waals surface area contributed by atoms with Crippen molar-refractivity contribution >= 4 is 21.6 Å². The van der Waals surface area contributed by atoms with E-state index in [0.29, 0.717) is 5.69 Å². The van der Waals surface area contributed by atoms with Crippen LogP contribution in [0.3, 0.4) is 0 Å². The summed E-state index contributed by atoms with van der Waals surface area (Å²) >= 11 is 0. The zero-order valence-electron chi connectivity index (χ0n) is 12.5. The van der Waals surface area contributed by atoms with Crippen molar-refractivity contribution in [2.75, 3.05) is 29.9 Å². The number of aromatic nitrogens is 1. The second-order valence-electron chi connectivity index (χ2n) is 5.39. The quantitative estimate of drug-likeness (QED) is 0.913. The molecule has 0 bridgehead atoms. The van der Waals surface area contributed by atoms with E-state index in [9.17, 15) is 13.2 Å². The summed E-state index contributed by atoms with van der Waals surface area (Å²) in [7, 11) is -2.99. The Hall–Kier alpha value is -2.41. The molecule has 2 heterocycles. The standard InChI is InChI=1S/C16H17N3O3S/c20-16(19-8-10-23(21,22)11-9-19)18-15-5-3-13(4-6-15)14-2-1-7-17-12-14/h1-7,12H,8-11H2,(H,18,20). The van der Waals surface area contributed by atoms with Crippen molar-refractivity contribution in [2.45, 2.75) is 0 Å². The topological polar surface area (TPSA) is 79.4 Å². The molecular weight excluding hydrogens is 314 g/mol. The van der Waals surface area contributed by atoms with Gasteiger partial charge in [0.05, 0.1) is 11.5 Å². The van der Waals surface area contributed by atoms with Gasteiger partial charge in [-0.15, -0.1) is 0 Å². The molecule has 1 aliphatic rings. The van der Waals surface area contributed by atoms with Gasteiger partial charge in [-0.1, -0.05) is 18.2 Å². The van der Waals surface area contributed by atoms with Gasteiger partial charge in [0.1, 0.15) is 0 Å². The number of nitrogens with zero attached hydrogens (tertiary/aromatic N) is 2. The first-order valence-electron chi connectivity index (χ1n) is 7.30. The molecule has 0 radical (unpaired) electrons. The van der Waals surface area contributed by atoms with Gasteiger partial charge in [0.15, 0.2) is 9.84 Å². The number of urea groups is 1. The summed E-state index contributed by atoms with van der Waals surface area (Å²) in [5.74, 6) is 0.0563. The lowest BCUT2D eigenvalue weighted by molar-refractivity contribution is 0.216. The van der Waals surface area contributed by atoms with Crippen molar-refractivity contribution < 1.29 is 13.2 Å². The zero-order chi connectivity index (χ0) is 16.3. The Kier molecular flexibility index (Phi) is 4.29. The van der Waals surface area contributed by atoms with Crippen molar-refractivity contribution in [1.29, 1.82) is 0 Å². The number of rotatable bonds is 2. The minimum atomic E-state index is -2.99. The average Bonchev–Trinajstić information content (AvgIpc) is 2.56. The van der Waals surface area contributed by atoms with Crippen LogP contribution in [0.2, 0.25) is 0 Å². The maximum atomic E-state index is 12.1. The SMILES string of the molecule is O=C(Nc1ccc(-c2cccnc2)cc1)N1CCS(=O)(=O)CC1. The Labute approximate surface area is 135 Å². The van der Waals surface area contributed by atoms with Crippen LogP contribution in [-0.2, 0) is 9.84 Å². The van der Waals surface area contributed by atoms with Gasteiger partial charge in [-0.05, 0) is 29.3 Å². The van der Waals surface area contributed by atoms with Crippen LogP contribution >= 0.6 is 0 Å². The molecule has 7 heteroatoms. The van der Waals surface area contributed by atoms with Crippen LogP contribution in [-0.4, -0.2) is 48.9 Å². The van der Waals surface area contributed by atoms with Crippen LogP contribution in [0.25, 0.3) is 11.1 Å². The molecular formula is C16H17N3O3S. The molecule has 0 spiro atoms. The van der Waals surface area contributed by atoms with E-state index in [4.69, 9.17) is 0 Å². The van der Waals surface area contributed by atoms with Crippen LogP contribution in [0.5, 0.6) is 0 Å². The van der Waals surface area contributed by atoms with E-state index in [0.717, 1.165) is 11.1 Å². The largest absolute Gasteiger partial charge is 0.322 e. The number of anilines is 1. The van der Waals surface area contributed by atoms with E-state index in [2.05, 4.69) is 10.3 Å². The van der Waals surface area contributed by atoms with Crippen LogP contribution in [0.4, 0.5) is 10.5 Å². The second kappa shape index (κ2) is 6.37. The minimum Gasteiger partial charge on any atom is -0.322 e. The molecule has 3 rings (SSSR count). The van der Waals surface area contributed by atoms with Gasteiger partial charge < -0.3 is 10.2 Å². The van der Waals surface area contributed by atoms with Crippen molar-refractivity contribution in [3.05, 3.63) is 48.8 Å². The molecule has 2 aromatic rings. The molecule has 0 saturated carbocycles. The predicted molar refractivity (Wildman–Crippen MR) is 88.9 cm³/mol. The monoisotopic (exact) mass is 331 g/mol. The molecule has 120 valence electrons. The maximum Gasteiger partial charge on any atom is 0.321 e. The van der Waals surface area contributed by atoms with E-state index < -0.39 is 9.84 Å². The predicted octanol–water partition coefficient (Wildman–Crippen LogP) is 2.01. The van der Waals surface area contributed by atoms with E-state index >= 15 is 0 Å². The number of hydrogen-bond acceptors (Lipinski definition) is 4. The van der Waals surface area contributed by atoms with Crippen molar-refractivity contribution in [3.63, 3.8) is 0 Å². The molecule has 23 heavy (non-hydrogen) atoms. The Balaban J connectivity index is 1.63. The summed E-state index contributed by atoms with van der Waals surface area (Å²) in [5.41, 5.74) is 2.70. The van der Waals surface area contributed by atoms with Gasteiger partial charge in [-0.3, -0.25) is 4.98 Å². The van der Waals surface area contributed by atoms with Crippen molar-refractivity contribution in [3.8, 4) is 11.1 Å². The highest BCUT2D eigenvalue weighted by atomic mass is 32.2. The molecule has 0 atom stereocenters. The van der Waals surface area contributed by atoms with Gasteiger partial charge >= 0.3 is 6.03 Å². The van der Waals surface area contributed by atoms with Gasteiger partial charge in [0.2, 0.25) is 0 Å². The maximum absolute atomic E-state index is 12.1. The van der Waals surface area contributed by atoms with Crippen molar-refractivity contribution in [1.82, 2.24) is 9.88 Å². The van der Waals surface area contributed by atoms with Gasteiger partial charge in [0.25, 0.3) is 0 Å². The number of pyridine rings is 1. The van der Waals surface area contributed by atoms with Gasteiger partial charge in [-0.2, -0.15) is 0 Å². The lowest BCUT2D eigenvalue weighted by Crippen LogP contribution is -2.45. The molecule has 1 N–H and O–H groups in total. The highest BCUT2D eigenvalue weighted by molar-refractivity contribution is 7.91. The normalized spacial score (nSPS) is 16.8. The molecule has 1 saturated heterocycles. The van der Waals surface area contributed by atoms with Gasteiger partial charge in [0, 0.05) is 31.2 Å². The van der Waals surface area contributed by atoms with Crippen LogP contribution in [0, 0.1) is 0 Å². The first-order valence-corrected chi connectivity index (χ1v) is 9.12. The van der Waals surface area contributed by atoms with E-state index in [1.165, 1.54) is 4.90 Å². The molecule has 1 aromatic carbocycles. The number of carbonyl (C=O) groups excluding carboxylic acids is 1. The third-order valence-corrected chi connectivity index (χ3v) is 5.37. The number of hydrogen-bond donors (Lipinski definition) is 1. The molecule has 2 amide bonds. The number of benzene rings is 1. The number of sulfone groups is 1. The Morgan fingerprint density at radius 1 is 1.04 bits per heavy atom. The molecule has 1 fully saturated rings. The number of amides is 2. The van der Waals surface area contributed by atoms with Gasteiger partial charge in [-0.25, -0.2) is 13.2 Å². The van der Waals surface area contributed by atoms with Crippen molar-refractivity contribution in [2.24, 2.45) is 0 Å². The summed E-state index contributed by atoms with van der Waals surface area (Å²) in [5, 5.41) is 2.79. The summed E-state index contributed by atoms with van der Waals surface area (Å²) in [4.78, 5) is 17.7. The van der Waals surface area contributed by atoms with Crippen LogP contribution in [0.1, 0.15) is 0 Å². The number of carbonyl (C=O) groups is 1. The Morgan fingerprint density at radius 3 is 2.35 bits per heavy atom. The lowest BCUT2D eigenvalue weighted by Gasteiger charge is -2.26. The fourth-order valence-electron chi connectivity index (χ4n) is 2.40. The van der Waals surface area contributed by atoms with E-state index in [1.807, 2.05) is 36.4 Å². The zero-order valence-corrected chi connectivity index (χ0v) is 13.3. The first-order chi connectivity index (χ1) is 11.0. The first kappa shape index (κ1) is 15.5. The average molecular weight is 331 g/mol. The Bertz CT molecular complexity index is 775. The summed E-state index contributed by atoms with van der Waals surface area (Å²) in [6, 6.07) is 11.0. The highest BCUT2D eigenvalue weighted by Gasteiger charge is 2.24. The number of nitrogens with one attached hydrogen (secondary N) is 1. The minimum absolute atomic E-state index is 0.0281. The summed E-state index contributed by atoms with van der Waals surface area (Å²) in [6.07, 6.45) is 3.50. The molecule has 1 aliphatic heterocycles. The Morgan fingerprint density at radius 2 is 1.74 bits per heavy atom. The third kappa shape index (κ3) is 3.87. The smallest absolute Gasteiger partial charge is 0.321 e. The molecule has 1 aromatic heterocycles. The third-order valence-electron chi connectivity index (χ3n) is 3.76. The van der Waals surface area contributed by atoms with Crippen LogP contribution < -0.4 is 5.32 Å². The summed E-state index contributed by atoms with van der Waals surface area (Å²) in [6.45, 7) is 0.476. The molecule has 0 unspecified atom stereocenters. The summed E-state index contributed by atoms with van der Waals surface area (Å²) < 4.78 is 22.8. The fraction of sp³-hybridized carbons (Fsp3) is 0.250. The fourth-order valence-corrected chi connectivity index (χ4v) is 3.60. The van der Waals surface area contributed by atoms with E-state index in [-0.39, 0.29) is 30.6 Å². The van der Waals surface area contributed by atoms with Crippen LogP contribution in [0.15, 0.2) is 48.8 Å².